The minimum atomic E-state index is -0.108. The number of aryl methyl sites for hydroxylation is 2. The molecular formula is C22H22N2O2S. The van der Waals surface area contributed by atoms with Crippen LogP contribution in [-0.2, 0) is 12.8 Å². The predicted octanol–water partition coefficient (Wildman–Crippen LogP) is 5.02. The smallest absolute Gasteiger partial charge is 0.264 e. The Bertz CT molecular complexity index is 985. The lowest BCUT2D eigenvalue weighted by molar-refractivity contribution is 0.0987. The van der Waals surface area contributed by atoms with E-state index in [9.17, 15) is 4.79 Å². The molecule has 0 saturated carbocycles. The normalized spacial score (nSPS) is 13.2. The van der Waals surface area contributed by atoms with E-state index in [4.69, 9.17) is 9.72 Å². The molecule has 1 amide bonds. The zero-order valence-electron chi connectivity index (χ0n) is 15.4. The summed E-state index contributed by atoms with van der Waals surface area (Å²) in [7, 11) is 1.60. The Morgan fingerprint density at radius 1 is 1.26 bits per heavy atom. The average Bonchev–Trinajstić information content (AvgIpc) is 3.14. The second-order valence-electron chi connectivity index (χ2n) is 6.68. The minimum absolute atomic E-state index is 0.108. The standard InChI is InChI=1S/C22H22N2O2S/c1-3-12-24(22-23-18-10-6-7-11-20(18)27-22)21(25)17-13-15-8-4-5-9-16(15)14-19(17)26-2/h3-5,8-9,13-14H,1,6-7,10-12H2,2H3. The first kappa shape index (κ1) is 17.7. The summed E-state index contributed by atoms with van der Waals surface area (Å²) in [5.74, 6) is 0.470. The maximum atomic E-state index is 13.4. The predicted molar refractivity (Wildman–Crippen MR) is 111 cm³/mol. The van der Waals surface area contributed by atoms with Crippen LogP contribution in [0.5, 0.6) is 5.75 Å². The number of aromatic nitrogens is 1. The second kappa shape index (κ2) is 7.53. The van der Waals surface area contributed by atoms with Gasteiger partial charge in [-0.15, -0.1) is 17.9 Å². The van der Waals surface area contributed by atoms with Crippen molar-refractivity contribution in [2.24, 2.45) is 0 Å². The number of ether oxygens (including phenoxy) is 1. The van der Waals surface area contributed by atoms with Crippen molar-refractivity contribution in [1.29, 1.82) is 0 Å². The molecule has 0 bridgehead atoms. The quantitative estimate of drug-likeness (QED) is 0.586. The molecule has 1 aliphatic carbocycles. The SMILES string of the molecule is C=CCN(C(=O)c1cc2ccccc2cc1OC)c1nc2c(s1)CCCC2. The van der Waals surface area contributed by atoms with Crippen LogP contribution >= 0.6 is 11.3 Å². The number of rotatable bonds is 5. The maximum absolute atomic E-state index is 13.4. The number of benzene rings is 2. The Morgan fingerprint density at radius 2 is 2.00 bits per heavy atom. The number of carbonyl (C=O) groups excluding carboxylic acids is 1. The van der Waals surface area contributed by atoms with E-state index in [-0.39, 0.29) is 5.91 Å². The highest BCUT2D eigenvalue weighted by Gasteiger charge is 2.25. The van der Waals surface area contributed by atoms with Crippen LogP contribution in [0.25, 0.3) is 10.8 Å². The van der Waals surface area contributed by atoms with Crippen LogP contribution in [0, 0.1) is 0 Å². The van der Waals surface area contributed by atoms with Crippen molar-refractivity contribution in [2.75, 3.05) is 18.6 Å². The number of amides is 1. The van der Waals surface area contributed by atoms with E-state index in [1.54, 1.807) is 29.4 Å². The number of hydrogen-bond donors (Lipinski definition) is 0. The van der Waals surface area contributed by atoms with Crippen molar-refractivity contribution < 1.29 is 9.53 Å². The van der Waals surface area contributed by atoms with E-state index >= 15 is 0 Å². The Labute approximate surface area is 163 Å². The third-order valence-electron chi connectivity index (χ3n) is 4.92. The summed E-state index contributed by atoms with van der Waals surface area (Å²) in [4.78, 5) is 21.2. The van der Waals surface area contributed by atoms with Crippen LogP contribution in [-0.4, -0.2) is 24.5 Å². The summed E-state index contributed by atoms with van der Waals surface area (Å²) >= 11 is 1.63. The molecule has 0 unspecified atom stereocenters. The van der Waals surface area contributed by atoms with Crippen molar-refractivity contribution in [2.45, 2.75) is 25.7 Å². The van der Waals surface area contributed by atoms with Crippen molar-refractivity contribution >= 4 is 33.1 Å². The summed E-state index contributed by atoms with van der Waals surface area (Å²) in [5.41, 5.74) is 1.69. The lowest BCUT2D eigenvalue weighted by atomic mass is 10.0. The monoisotopic (exact) mass is 378 g/mol. The third kappa shape index (κ3) is 3.35. The summed E-state index contributed by atoms with van der Waals surface area (Å²) < 4.78 is 5.53. The summed E-state index contributed by atoms with van der Waals surface area (Å²) in [6.07, 6.45) is 6.17. The molecule has 0 radical (unpaired) electrons. The number of thiazole rings is 1. The molecule has 1 aliphatic rings. The minimum Gasteiger partial charge on any atom is -0.496 e. The molecule has 4 nitrogen and oxygen atoms in total. The number of hydrogen-bond acceptors (Lipinski definition) is 4. The van der Waals surface area contributed by atoms with Gasteiger partial charge in [0.15, 0.2) is 5.13 Å². The first-order valence-corrected chi connectivity index (χ1v) is 10.0. The van der Waals surface area contributed by atoms with Gasteiger partial charge in [-0.1, -0.05) is 30.3 Å². The van der Waals surface area contributed by atoms with Gasteiger partial charge in [0.1, 0.15) is 5.75 Å². The number of anilines is 1. The number of carbonyl (C=O) groups is 1. The first-order chi connectivity index (χ1) is 13.2. The van der Waals surface area contributed by atoms with E-state index in [0.29, 0.717) is 17.9 Å². The van der Waals surface area contributed by atoms with Crippen LogP contribution in [0.4, 0.5) is 5.13 Å². The highest BCUT2D eigenvalue weighted by atomic mass is 32.1. The van der Waals surface area contributed by atoms with Crippen LogP contribution in [0.3, 0.4) is 0 Å². The van der Waals surface area contributed by atoms with Gasteiger partial charge in [0.05, 0.1) is 18.4 Å². The second-order valence-corrected chi connectivity index (χ2v) is 7.74. The molecule has 0 atom stereocenters. The van der Waals surface area contributed by atoms with Crippen molar-refractivity contribution in [3.8, 4) is 5.75 Å². The maximum Gasteiger partial charge on any atom is 0.264 e. The van der Waals surface area contributed by atoms with Crippen LogP contribution < -0.4 is 9.64 Å². The van der Waals surface area contributed by atoms with E-state index in [0.717, 1.165) is 34.4 Å². The van der Waals surface area contributed by atoms with Crippen molar-refractivity contribution in [3.63, 3.8) is 0 Å². The van der Waals surface area contributed by atoms with E-state index < -0.39 is 0 Å². The first-order valence-electron chi connectivity index (χ1n) is 9.19. The molecule has 3 aromatic rings. The van der Waals surface area contributed by atoms with Gasteiger partial charge in [-0.25, -0.2) is 4.98 Å². The molecule has 27 heavy (non-hydrogen) atoms. The number of nitrogens with zero attached hydrogens (tertiary/aromatic N) is 2. The van der Waals surface area contributed by atoms with Crippen molar-refractivity contribution in [3.05, 3.63) is 65.2 Å². The van der Waals surface area contributed by atoms with Crippen LogP contribution in [0.2, 0.25) is 0 Å². The van der Waals surface area contributed by atoms with Gasteiger partial charge in [-0.3, -0.25) is 9.69 Å². The molecule has 0 aliphatic heterocycles. The van der Waals surface area contributed by atoms with E-state index in [1.165, 1.54) is 17.7 Å². The molecule has 0 saturated heterocycles. The molecule has 1 heterocycles. The number of methoxy groups -OCH3 is 1. The molecule has 138 valence electrons. The lowest BCUT2D eigenvalue weighted by Gasteiger charge is -2.20. The highest BCUT2D eigenvalue weighted by Crippen LogP contribution is 2.34. The fourth-order valence-electron chi connectivity index (χ4n) is 3.53. The van der Waals surface area contributed by atoms with Crippen molar-refractivity contribution in [1.82, 2.24) is 4.98 Å². The zero-order chi connectivity index (χ0) is 18.8. The Morgan fingerprint density at radius 3 is 2.70 bits per heavy atom. The zero-order valence-corrected chi connectivity index (χ0v) is 16.2. The molecule has 2 aromatic carbocycles. The highest BCUT2D eigenvalue weighted by molar-refractivity contribution is 7.16. The van der Waals surface area contributed by atoms with E-state index in [2.05, 4.69) is 6.58 Å². The summed E-state index contributed by atoms with van der Waals surface area (Å²) in [6, 6.07) is 11.8. The molecule has 5 heteroatoms. The van der Waals surface area contributed by atoms with Gasteiger partial charge in [-0.2, -0.15) is 0 Å². The average molecular weight is 378 g/mol. The van der Waals surface area contributed by atoms with Gasteiger partial charge < -0.3 is 4.74 Å². The largest absolute Gasteiger partial charge is 0.496 e. The molecule has 0 fully saturated rings. The molecule has 0 N–H and O–H groups in total. The molecule has 4 rings (SSSR count). The van der Waals surface area contributed by atoms with Crippen LogP contribution in [0.1, 0.15) is 33.8 Å². The summed E-state index contributed by atoms with van der Waals surface area (Å²) in [6.45, 7) is 4.25. The molecule has 1 aromatic heterocycles. The van der Waals surface area contributed by atoms with E-state index in [1.807, 2.05) is 36.4 Å². The molecular weight excluding hydrogens is 356 g/mol. The Hall–Kier alpha value is -2.66. The fraction of sp³-hybridized carbons (Fsp3) is 0.273. The Balaban J connectivity index is 1.77. The number of fused-ring (bicyclic) bond motifs is 2. The van der Waals surface area contributed by atoms with Gasteiger partial charge >= 0.3 is 0 Å². The topological polar surface area (TPSA) is 42.4 Å². The van der Waals surface area contributed by atoms with Crippen LogP contribution in [0.15, 0.2) is 49.1 Å². The van der Waals surface area contributed by atoms with Gasteiger partial charge in [-0.05, 0) is 48.6 Å². The Kier molecular flexibility index (Phi) is 4.94. The van der Waals surface area contributed by atoms with Gasteiger partial charge in [0, 0.05) is 11.4 Å². The fourth-order valence-corrected chi connectivity index (χ4v) is 4.69. The molecule has 0 spiro atoms. The van der Waals surface area contributed by atoms with Gasteiger partial charge in [0.25, 0.3) is 5.91 Å². The third-order valence-corrected chi connectivity index (χ3v) is 6.10. The lowest BCUT2D eigenvalue weighted by Crippen LogP contribution is -2.31. The van der Waals surface area contributed by atoms with Gasteiger partial charge in [0.2, 0.25) is 0 Å². The summed E-state index contributed by atoms with van der Waals surface area (Å²) in [5, 5.41) is 2.81.